The Morgan fingerprint density at radius 2 is 2.10 bits per heavy atom. The molecule has 1 N–H and O–H groups in total. The van der Waals surface area contributed by atoms with Crippen molar-refractivity contribution >= 4 is 23.2 Å². The van der Waals surface area contributed by atoms with Crippen molar-refractivity contribution in [1.82, 2.24) is 4.90 Å². The molecule has 1 aromatic heterocycles. The summed E-state index contributed by atoms with van der Waals surface area (Å²) >= 11 is 1.68. The van der Waals surface area contributed by atoms with Gasteiger partial charge in [-0.1, -0.05) is 0 Å². The molecule has 1 saturated heterocycles. The zero-order valence-electron chi connectivity index (χ0n) is 11.6. The van der Waals surface area contributed by atoms with Gasteiger partial charge in [-0.15, -0.1) is 11.3 Å². The molecule has 20 heavy (non-hydrogen) atoms. The van der Waals surface area contributed by atoms with Gasteiger partial charge in [0.15, 0.2) is 0 Å². The molecule has 1 fully saturated rings. The average Bonchev–Trinajstić information content (AvgIpc) is 3.03. The fourth-order valence-corrected chi connectivity index (χ4v) is 4.27. The van der Waals surface area contributed by atoms with Crippen LogP contribution in [0.4, 0.5) is 0 Å². The van der Waals surface area contributed by atoms with E-state index in [0.717, 1.165) is 24.8 Å². The van der Waals surface area contributed by atoms with Gasteiger partial charge in [0.05, 0.1) is 11.0 Å². The number of likely N-dealkylation sites (tertiary alicyclic amines) is 1. The van der Waals surface area contributed by atoms with E-state index in [0.29, 0.717) is 19.5 Å². The van der Waals surface area contributed by atoms with Gasteiger partial charge in [-0.3, -0.25) is 9.59 Å². The summed E-state index contributed by atoms with van der Waals surface area (Å²) in [7, 11) is 0. The summed E-state index contributed by atoms with van der Waals surface area (Å²) in [6, 6.07) is 0. The zero-order chi connectivity index (χ0) is 14.3. The predicted molar refractivity (Wildman–Crippen MR) is 77.2 cm³/mol. The maximum absolute atomic E-state index is 12.6. The molecule has 1 amide bonds. The van der Waals surface area contributed by atoms with Crippen LogP contribution in [-0.2, 0) is 17.6 Å². The van der Waals surface area contributed by atoms with Crippen molar-refractivity contribution in [2.45, 2.75) is 39.0 Å². The number of rotatable bonds is 2. The molecule has 1 atom stereocenters. The molecule has 0 radical (unpaired) electrons. The number of carboxylic acid groups (broad SMARTS) is 1. The van der Waals surface area contributed by atoms with Gasteiger partial charge in [0.1, 0.15) is 0 Å². The summed E-state index contributed by atoms with van der Waals surface area (Å²) < 4.78 is 0. The molecular formula is C15H19NO3S. The molecule has 4 nitrogen and oxygen atoms in total. The second-order valence-corrected chi connectivity index (χ2v) is 7.06. The molecule has 5 heteroatoms. The molecule has 1 aromatic rings. The molecule has 2 aliphatic rings. The summed E-state index contributed by atoms with van der Waals surface area (Å²) in [5.74, 6) is -0.783. The van der Waals surface area contributed by atoms with Gasteiger partial charge < -0.3 is 10.0 Å². The molecule has 0 saturated carbocycles. The Labute approximate surface area is 122 Å². The fraction of sp³-hybridized carbons (Fsp3) is 0.600. The molecule has 1 aliphatic carbocycles. The minimum atomic E-state index is -0.805. The van der Waals surface area contributed by atoms with E-state index in [2.05, 4.69) is 0 Å². The van der Waals surface area contributed by atoms with E-state index in [1.54, 1.807) is 23.2 Å². The lowest BCUT2D eigenvalue weighted by molar-refractivity contribution is -0.147. The Morgan fingerprint density at radius 1 is 1.35 bits per heavy atom. The van der Waals surface area contributed by atoms with Crippen LogP contribution in [0.15, 0.2) is 5.38 Å². The lowest BCUT2D eigenvalue weighted by Gasteiger charge is -2.21. The highest BCUT2D eigenvalue weighted by Crippen LogP contribution is 2.34. The first kappa shape index (κ1) is 13.6. The minimum Gasteiger partial charge on any atom is -0.481 e. The normalized spacial score (nSPS) is 25.6. The Morgan fingerprint density at radius 3 is 2.80 bits per heavy atom. The SMILES string of the molecule is C[C@]1(C(=O)O)CCN(C(=O)c2csc3c2CCCC3)C1. The van der Waals surface area contributed by atoms with Crippen LogP contribution in [0.25, 0.3) is 0 Å². The Hall–Kier alpha value is -1.36. The first-order valence-corrected chi connectivity index (χ1v) is 8.01. The van der Waals surface area contributed by atoms with Gasteiger partial charge in [0, 0.05) is 23.3 Å². The van der Waals surface area contributed by atoms with Gasteiger partial charge in [0.25, 0.3) is 5.91 Å². The maximum atomic E-state index is 12.6. The van der Waals surface area contributed by atoms with E-state index < -0.39 is 11.4 Å². The van der Waals surface area contributed by atoms with Crippen molar-refractivity contribution in [2.75, 3.05) is 13.1 Å². The van der Waals surface area contributed by atoms with Gasteiger partial charge in [-0.25, -0.2) is 0 Å². The minimum absolute atomic E-state index is 0.0226. The summed E-state index contributed by atoms with van der Waals surface area (Å²) in [4.78, 5) is 27.0. The number of thiophene rings is 1. The van der Waals surface area contributed by atoms with E-state index in [-0.39, 0.29) is 5.91 Å². The molecule has 0 spiro atoms. The number of carboxylic acids is 1. The third kappa shape index (κ3) is 2.14. The van der Waals surface area contributed by atoms with Crippen LogP contribution in [0, 0.1) is 5.41 Å². The Bertz CT molecular complexity index is 565. The number of hydrogen-bond acceptors (Lipinski definition) is 3. The lowest BCUT2D eigenvalue weighted by Crippen LogP contribution is -2.35. The van der Waals surface area contributed by atoms with Crippen molar-refractivity contribution in [3.05, 3.63) is 21.4 Å². The van der Waals surface area contributed by atoms with Crippen LogP contribution in [-0.4, -0.2) is 35.0 Å². The third-order valence-electron chi connectivity index (χ3n) is 4.57. The molecule has 108 valence electrons. The van der Waals surface area contributed by atoms with Crippen molar-refractivity contribution in [2.24, 2.45) is 5.41 Å². The average molecular weight is 293 g/mol. The van der Waals surface area contributed by atoms with E-state index >= 15 is 0 Å². The van der Waals surface area contributed by atoms with E-state index in [1.165, 1.54) is 16.9 Å². The number of amides is 1. The number of nitrogens with zero attached hydrogens (tertiary/aromatic N) is 1. The summed E-state index contributed by atoms with van der Waals surface area (Å²) in [6.45, 7) is 2.60. The molecule has 1 aliphatic heterocycles. The van der Waals surface area contributed by atoms with Gasteiger partial charge in [-0.05, 0) is 44.6 Å². The maximum Gasteiger partial charge on any atom is 0.311 e. The lowest BCUT2D eigenvalue weighted by atomic mass is 9.90. The third-order valence-corrected chi connectivity index (χ3v) is 5.66. The van der Waals surface area contributed by atoms with E-state index in [4.69, 9.17) is 0 Å². The van der Waals surface area contributed by atoms with Crippen molar-refractivity contribution in [3.63, 3.8) is 0 Å². The number of aliphatic carboxylic acids is 1. The van der Waals surface area contributed by atoms with Crippen molar-refractivity contribution in [3.8, 4) is 0 Å². The first-order chi connectivity index (χ1) is 9.51. The molecule has 0 unspecified atom stereocenters. The summed E-state index contributed by atoms with van der Waals surface area (Å²) in [5, 5.41) is 11.2. The number of carbonyl (C=O) groups excluding carboxylic acids is 1. The Kier molecular flexibility index (Phi) is 3.32. The molecule has 2 heterocycles. The van der Waals surface area contributed by atoms with Crippen LogP contribution in [0.2, 0.25) is 0 Å². The quantitative estimate of drug-likeness (QED) is 0.911. The largest absolute Gasteiger partial charge is 0.481 e. The van der Waals surface area contributed by atoms with E-state index in [1.807, 2.05) is 5.38 Å². The highest BCUT2D eigenvalue weighted by atomic mass is 32.1. The predicted octanol–water partition coefficient (Wildman–Crippen LogP) is 2.56. The number of aryl methyl sites for hydroxylation is 1. The van der Waals surface area contributed by atoms with Crippen LogP contribution >= 0.6 is 11.3 Å². The monoisotopic (exact) mass is 293 g/mol. The second kappa shape index (κ2) is 4.88. The highest BCUT2D eigenvalue weighted by molar-refractivity contribution is 7.10. The topological polar surface area (TPSA) is 57.6 Å². The first-order valence-electron chi connectivity index (χ1n) is 7.13. The van der Waals surface area contributed by atoms with Crippen LogP contribution < -0.4 is 0 Å². The molecular weight excluding hydrogens is 274 g/mol. The van der Waals surface area contributed by atoms with Gasteiger partial charge >= 0.3 is 5.97 Å². The van der Waals surface area contributed by atoms with Crippen molar-refractivity contribution in [1.29, 1.82) is 0 Å². The molecule has 3 rings (SSSR count). The molecule has 0 aromatic carbocycles. The number of fused-ring (bicyclic) bond motifs is 1. The van der Waals surface area contributed by atoms with E-state index in [9.17, 15) is 14.7 Å². The fourth-order valence-electron chi connectivity index (χ4n) is 3.15. The summed E-state index contributed by atoms with van der Waals surface area (Å²) in [6.07, 6.45) is 4.98. The highest BCUT2D eigenvalue weighted by Gasteiger charge is 2.42. The number of carbonyl (C=O) groups is 2. The van der Waals surface area contributed by atoms with Crippen LogP contribution in [0.5, 0.6) is 0 Å². The number of hydrogen-bond donors (Lipinski definition) is 1. The zero-order valence-corrected chi connectivity index (χ0v) is 12.5. The Balaban J connectivity index is 1.81. The summed E-state index contributed by atoms with van der Waals surface area (Å²) in [5.41, 5.74) is 1.25. The smallest absolute Gasteiger partial charge is 0.311 e. The van der Waals surface area contributed by atoms with Gasteiger partial charge in [0.2, 0.25) is 0 Å². The molecule has 0 bridgehead atoms. The van der Waals surface area contributed by atoms with Crippen LogP contribution in [0.3, 0.4) is 0 Å². The van der Waals surface area contributed by atoms with Crippen molar-refractivity contribution < 1.29 is 14.7 Å². The second-order valence-electron chi connectivity index (χ2n) is 6.10. The standard InChI is InChI=1S/C15H19NO3S/c1-15(14(18)19)6-7-16(9-15)13(17)11-8-20-12-5-3-2-4-10(11)12/h8H,2-7,9H2,1H3,(H,18,19)/t15-/m0/s1. The van der Waals surface area contributed by atoms with Gasteiger partial charge in [-0.2, -0.15) is 0 Å². The van der Waals surface area contributed by atoms with Crippen LogP contribution in [0.1, 0.15) is 47.0 Å².